The molecular weight excluding hydrogens is 797 g/mol. The van der Waals surface area contributed by atoms with E-state index in [1.165, 1.54) is 44.9 Å². The zero-order chi connectivity index (χ0) is 44.4. The molecule has 0 aromatic carbocycles. The first-order valence-corrected chi connectivity index (χ1v) is 23.9. The zero-order valence-corrected chi connectivity index (χ0v) is 37.2. The van der Waals surface area contributed by atoms with Gasteiger partial charge < -0.3 is 45.3 Å². The average molecular weight is 876 g/mol. The van der Waals surface area contributed by atoms with Crippen LogP contribution in [-0.4, -0.2) is 99.8 Å². The number of aliphatic carboxylic acids is 1. The van der Waals surface area contributed by atoms with Gasteiger partial charge in [-0.1, -0.05) is 121 Å². The number of ether oxygens (including phenoxy) is 3. The Kier molecular flexibility index (Phi) is 32.5. The molecule has 0 saturated carbocycles. The summed E-state index contributed by atoms with van der Waals surface area (Å²) in [5, 5.41) is 39.9. The molecule has 0 bridgehead atoms. The molecule has 1 saturated heterocycles. The molecule has 0 spiro atoms. The van der Waals surface area contributed by atoms with E-state index in [0.717, 1.165) is 51.4 Å². The van der Waals surface area contributed by atoms with Crippen LogP contribution >= 0.6 is 7.82 Å². The van der Waals surface area contributed by atoms with E-state index in [1.807, 2.05) is 12.2 Å². The highest BCUT2D eigenvalue weighted by Gasteiger charge is 2.35. The van der Waals surface area contributed by atoms with Crippen LogP contribution in [0.2, 0.25) is 0 Å². The van der Waals surface area contributed by atoms with Crippen LogP contribution in [0.5, 0.6) is 0 Å². The first-order valence-electron chi connectivity index (χ1n) is 22.4. The Hall–Kier alpha value is -2.46. The van der Waals surface area contributed by atoms with Crippen LogP contribution in [-0.2, 0) is 42.2 Å². The van der Waals surface area contributed by atoms with Crippen LogP contribution in [0.4, 0.5) is 0 Å². The van der Waals surface area contributed by atoms with Crippen LogP contribution in [0, 0.1) is 5.92 Å². The molecule has 1 aliphatic heterocycles. The molecule has 0 aliphatic carbocycles. The average Bonchev–Trinajstić information content (AvgIpc) is 3.20. The molecule has 1 rings (SSSR count). The predicted octanol–water partition coefficient (Wildman–Crippen LogP) is 7.72. The SMILES string of the molecule is CCCCCC/C=C\CCCCCCCCCC(=O)OC[C@H](COP(=O)(O)OC[C@H](N)C(=O)O)OC(=O)CCC/C=C\C[C@H]1[C@@H](O)CC(O)O[C@@H]1/C=C/[C@@H](O)CCCCC. The van der Waals surface area contributed by atoms with E-state index in [2.05, 4.69) is 30.5 Å². The second-order valence-electron chi connectivity index (χ2n) is 15.7. The number of rotatable bonds is 37. The topological polar surface area (TPSA) is 242 Å². The van der Waals surface area contributed by atoms with Crippen molar-refractivity contribution in [1.82, 2.24) is 0 Å². The van der Waals surface area contributed by atoms with Gasteiger partial charge >= 0.3 is 25.7 Å². The van der Waals surface area contributed by atoms with Crippen molar-refractivity contribution < 1.29 is 67.5 Å². The fraction of sp³-hybridized carbons (Fsp3) is 0.795. The Morgan fingerprint density at radius 3 is 2.00 bits per heavy atom. The second kappa shape index (κ2) is 35.1. The van der Waals surface area contributed by atoms with Gasteiger partial charge in [0, 0.05) is 25.2 Å². The van der Waals surface area contributed by atoms with Gasteiger partial charge in [0.15, 0.2) is 12.4 Å². The minimum Gasteiger partial charge on any atom is -0.480 e. The van der Waals surface area contributed by atoms with E-state index in [9.17, 15) is 39.2 Å². The first kappa shape index (κ1) is 55.6. The van der Waals surface area contributed by atoms with Crippen molar-refractivity contribution in [3.63, 3.8) is 0 Å². The molecule has 0 radical (unpaired) electrons. The minimum atomic E-state index is -4.80. The number of phosphoric ester groups is 1. The second-order valence-corrected chi connectivity index (χ2v) is 17.2. The summed E-state index contributed by atoms with van der Waals surface area (Å²) in [4.78, 5) is 46.2. The minimum absolute atomic E-state index is 0.0337. The van der Waals surface area contributed by atoms with Crippen LogP contribution in [0.15, 0.2) is 36.5 Å². The predicted molar refractivity (Wildman–Crippen MR) is 230 cm³/mol. The molecule has 1 aliphatic rings. The number of hydrogen-bond donors (Lipinski definition) is 6. The summed E-state index contributed by atoms with van der Waals surface area (Å²) in [6.07, 6.45) is 26.8. The molecule has 0 amide bonds. The molecule has 2 unspecified atom stereocenters. The van der Waals surface area contributed by atoms with Gasteiger partial charge in [-0.2, -0.15) is 0 Å². The lowest BCUT2D eigenvalue weighted by molar-refractivity contribution is -0.199. The monoisotopic (exact) mass is 876 g/mol. The third kappa shape index (κ3) is 29.7. The molecule has 1 fully saturated rings. The molecule has 60 heavy (non-hydrogen) atoms. The van der Waals surface area contributed by atoms with E-state index in [0.29, 0.717) is 32.1 Å². The maximum atomic E-state index is 12.8. The van der Waals surface area contributed by atoms with Crippen molar-refractivity contribution in [3.05, 3.63) is 36.5 Å². The van der Waals surface area contributed by atoms with Crippen molar-refractivity contribution in [2.45, 2.75) is 198 Å². The Morgan fingerprint density at radius 2 is 1.33 bits per heavy atom. The summed E-state index contributed by atoms with van der Waals surface area (Å²) in [6, 6.07) is -1.57. The van der Waals surface area contributed by atoms with E-state index < -0.39 is 82.3 Å². The van der Waals surface area contributed by atoms with E-state index >= 15 is 0 Å². The number of carbonyl (C=O) groups is 3. The van der Waals surface area contributed by atoms with Crippen molar-refractivity contribution in [1.29, 1.82) is 0 Å². The molecule has 8 atom stereocenters. The van der Waals surface area contributed by atoms with Gasteiger partial charge in [-0.05, 0) is 57.8 Å². The Morgan fingerprint density at radius 1 is 0.767 bits per heavy atom. The summed E-state index contributed by atoms with van der Waals surface area (Å²) >= 11 is 0. The number of esters is 2. The van der Waals surface area contributed by atoms with Gasteiger partial charge in [0.25, 0.3) is 0 Å². The van der Waals surface area contributed by atoms with Crippen LogP contribution in [0.25, 0.3) is 0 Å². The number of hydrogen-bond acceptors (Lipinski definition) is 13. The summed E-state index contributed by atoms with van der Waals surface area (Å²) in [7, 11) is -4.80. The lowest BCUT2D eigenvalue weighted by atomic mass is 9.87. The Bertz CT molecular complexity index is 1280. The van der Waals surface area contributed by atoms with Crippen molar-refractivity contribution in [2.24, 2.45) is 11.7 Å². The number of carboxylic acid groups (broad SMARTS) is 1. The van der Waals surface area contributed by atoms with Gasteiger partial charge in [0.2, 0.25) is 0 Å². The van der Waals surface area contributed by atoms with Gasteiger partial charge in [-0.3, -0.25) is 23.4 Å². The number of allylic oxidation sites excluding steroid dienone is 4. The fourth-order valence-corrected chi connectivity index (χ4v) is 7.29. The third-order valence-corrected chi connectivity index (χ3v) is 11.1. The largest absolute Gasteiger partial charge is 0.480 e. The number of nitrogens with two attached hydrogens (primary N) is 1. The summed E-state index contributed by atoms with van der Waals surface area (Å²) in [5.41, 5.74) is 5.33. The molecule has 7 N–H and O–H groups in total. The molecule has 15 nitrogen and oxygen atoms in total. The van der Waals surface area contributed by atoms with Crippen LogP contribution in [0.1, 0.15) is 162 Å². The number of unbranched alkanes of at least 4 members (excludes halogenated alkanes) is 14. The first-order chi connectivity index (χ1) is 28.8. The number of aliphatic hydroxyl groups excluding tert-OH is 3. The third-order valence-electron chi connectivity index (χ3n) is 10.2. The molecule has 348 valence electrons. The summed E-state index contributed by atoms with van der Waals surface area (Å²) < 4.78 is 38.3. The molecule has 0 aromatic rings. The zero-order valence-electron chi connectivity index (χ0n) is 36.3. The van der Waals surface area contributed by atoms with E-state index in [-0.39, 0.29) is 25.2 Å². The molecule has 16 heteroatoms. The smallest absolute Gasteiger partial charge is 0.472 e. The van der Waals surface area contributed by atoms with Crippen molar-refractivity contribution in [3.8, 4) is 0 Å². The quantitative estimate of drug-likeness (QED) is 0.0151. The highest BCUT2D eigenvalue weighted by atomic mass is 31.2. The van der Waals surface area contributed by atoms with Gasteiger partial charge in [-0.25, -0.2) is 4.57 Å². The highest BCUT2D eigenvalue weighted by Crippen LogP contribution is 2.43. The van der Waals surface area contributed by atoms with E-state index in [1.54, 1.807) is 12.2 Å². The van der Waals surface area contributed by atoms with Gasteiger partial charge in [0.1, 0.15) is 12.6 Å². The Balaban J connectivity index is 2.54. The molecule has 0 aromatic heterocycles. The number of aliphatic hydroxyl groups is 3. The van der Waals surface area contributed by atoms with Gasteiger partial charge in [-0.15, -0.1) is 0 Å². The molecule has 1 heterocycles. The number of carbonyl (C=O) groups excluding carboxylic acids is 2. The number of phosphoric acid groups is 1. The van der Waals surface area contributed by atoms with Crippen molar-refractivity contribution >= 4 is 25.7 Å². The lowest BCUT2D eigenvalue weighted by Gasteiger charge is -2.36. The van der Waals surface area contributed by atoms with Crippen molar-refractivity contribution in [2.75, 3.05) is 19.8 Å². The summed E-state index contributed by atoms with van der Waals surface area (Å²) in [6.45, 7) is 2.40. The lowest BCUT2D eigenvalue weighted by Crippen LogP contribution is -2.43. The standard InChI is InChI=1S/C44H78NO14P/c1-3-5-7-8-9-10-11-12-13-14-15-16-17-18-23-27-41(48)55-32-36(33-56-60(53,54)57-34-38(45)44(51)52)58-42(49)28-24-20-19-22-26-37-39(47)31-43(50)59-40(37)30-29-35(46)25-21-6-4-2/h10-11,19,22,29-30,35-40,43,46-47,50H,3-9,12-18,20-21,23-28,31-34,45H2,1-2H3,(H,51,52)(H,53,54)/b11-10-,22-19-,30-29+/t35-,36+,37-,38-,39-,40+,43?/m0/s1. The maximum Gasteiger partial charge on any atom is 0.472 e. The maximum absolute atomic E-state index is 12.8. The molecular formula is C44H78NO14P. The Labute approximate surface area is 358 Å². The highest BCUT2D eigenvalue weighted by molar-refractivity contribution is 7.47. The van der Waals surface area contributed by atoms with E-state index in [4.69, 9.17) is 29.6 Å². The van der Waals surface area contributed by atoms with Crippen LogP contribution in [0.3, 0.4) is 0 Å². The number of carboxylic acids is 1. The summed E-state index contributed by atoms with van der Waals surface area (Å²) in [5.74, 6) is -2.97. The van der Waals surface area contributed by atoms with Crippen LogP contribution < -0.4 is 5.73 Å². The fourth-order valence-electron chi connectivity index (χ4n) is 6.51. The normalized spacial score (nSPS) is 21.0. The van der Waals surface area contributed by atoms with Gasteiger partial charge in [0.05, 0.1) is 31.5 Å².